The van der Waals surface area contributed by atoms with Crippen LogP contribution < -0.4 is 10.9 Å². The molecule has 136 valence electrons. The summed E-state index contributed by atoms with van der Waals surface area (Å²) >= 11 is 0. The normalized spacial score (nSPS) is 17.5. The van der Waals surface area contributed by atoms with Gasteiger partial charge in [-0.1, -0.05) is 42.5 Å². The quantitative estimate of drug-likeness (QED) is 0.735. The first-order valence-corrected chi connectivity index (χ1v) is 8.78. The second-order valence-corrected chi connectivity index (χ2v) is 6.52. The summed E-state index contributed by atoms with van der Waals surface area (Å²) in [5.74, 6) is -1.02. The highest BCUT2D eigenvalue weighted by Gasteiger charge is 2.26. The molecule has 6 heteroatoms. The third-order valence-electron chi connectivity index (χ3n) is 4.57. The Hall–Kier alpha value is -2.86. The molecular formula is C20H23N3O3. The van der Waals surface area contributed by atoms with Crippen molar-refractivity contribution in [2.75, 3.05) is 13.1 Å². The molecule has 0 spiro atoms. The van der Waals surface area contributed by atoms with Gasteiger partial charge in [0.2, 0.25) is 5.91 Å². The van der Waals surface area contributed by atoms with E-state index in [1.54, 1.807) is 12.1 Å². The lowest BCUT2D eigenvalue weighted by molar-refractivity contribution is -0.127. The summed E-state index contributed by atoms with van der Waals surface area (Å²) in [5.41, 5.74) is 6.22. The van der Waals surface area contributed by atoms with Gasteiger partial charge in [-0.3, -0.25) is 25.3 Å². The van der Waals surface area contributed by atoms with Crippen LogP contribution in [0.15, 0.2) is 54.6 Å². The minimum absolute atomic E-state index is 0.119. The van der Waals surface area contributed by atoms with Gasteiger partial charge >= 0.3 is 0 Å². The van der Waals surface area contributed by atoms with E-state index in [0.29, 0.717) is 6.54 Å². The van der Waals surface area contributed by atoms with Crippen LogP contribution >= 0.6 is 0 Å². The number of nitrogens with zero attached hydrogens (tertiary/aromatic N) is 1. The molecule has 0 aliphatic carbocycles. The number of hydrogen-bond donors (Lipinski definition) is 3. The second-order valence-electron chi connectivity index (χ2n) is 6.52. The van der Waals surface area contributed by atoms with Gasteiger partial charge in [-0.25, -0.2) is 0 Å². The predicted octanol–water partition coefficient (Wildman–Crippen LogP) is 2.07. The number of phenolic OH excluding ortho intramolecular Hbond substituents is 1. The zero-order valence-corrected chi connectivity index (χ0v) is 14.5. The van der Waals surface area contributed by atoms with Crippen LogP contribution in [0.4, 0.5) is 0 Å². The lowest BCUT2D eigenvalue weighted by Gasteiger charge is -2.32. The number of rotatable bonds is 4. The Balaban J connectivity index is 1.51. The summed E-state index contributed by atoms with van der Waals surface area (Å²) in [4.78, 5) is 26.7. The smallest absolute Gasteiger partial charge is 0.273 e. The van der Waals surface area contributed by atoms with Crippen molar-refractivity contribution in [3.8, 4) is 5.75 Å². The number of nitrogens with one attached hydrogen (secondary N) is 2. The van der Waals surface area contributed by atoms with Crippen molar-refractivity contribution in [1.29, 1.82) is 0 Å². The molecule has 1 aliphatic rings. The number of hydrogen-bond acceptors (Lipinski definition) is 4. The molecule has 2 aromatic rings. The van der Waals surface area contributed by atoms with Gasteiger partial charge in [0.25, 0.3) is 5.91 Å². The van der Waals surface area contributed by atoms with E-state index in [4.69, 9.17) is 0 Å². The Kier molecular flexibility index (Phi) is 5.86. The molecule has 1 heterocycles. The van der Waals surface area contributed by atoms with Gasteiger partial charge in [-0.2, -0.15) is 0 Å². The molecule has 1 unspecified atom stereocenters. The third kappa shape index (κ3) is 4.61. The molecule has 0 bridgehead atoms. The lowest BCUT2D eigenvalue weighted by atomic mass is 9.97. The molecule has 3 rings (SSSR count). The summed E-state index contributed by atoms with van der Waals surface area (Å²) in [5, 5.41) is 9.69. The molecule has 1 saturated heterocycles. The molecule has 2 amide bonds. The Bertz CT molecular complexity index is 764. The zero-order valence-electron chi connectivity index (χ0n) is 14.5. The minimum Gasteiger partial charge on any atom is -0.507 e. The van der Waals surface area contributed by atoms with Crippen LogP contribution in [-0.4, -0.2) is 34.9 Å². The molecule has 3 N–H and O–H groups in total. The average Bonchev–Trinajstić information content (AvgIpc) is 2.67. The molecule has 1 fully saturated rings. The fourth-order valence-electron chi connectivity index (χ4n) is 3.21. The number of benzene rings is 2. The minimum atomic E-state index is -0.534. The summed E-state index contributed by atoms with van der Waals surface area (Å²) in [6, 6.07) is 16.4. The van der Waals surface area contributed by atoms with Gasteiger partial charge in [0.15, 0.2) is 0 Å². The number of carbonyl (C=O) groups is 2. The maximum Gasteiger partial charge on any atom is 0.273 e. The fourth-order valence-corrected chi connectivity index (χ4v) is 3.21. The number of carbonyl (C=O) groups excluding carboxylic acids is 2. The highest BCUT2D eigenvalue weighted by Crippen LogP contribution is 2.19. The standard InChI is InChI=1S/C20H23N3O3/c24-18-11-5-4-10-17(18)20(26)22-21-19(25)16-9-6-12-23(14-16)13-15-7-2-1-3-8-15/h1-5,7-8,10-11,16,24H,6,9,12-14H2,(H,21,25)(H,22,26). The highest BCUT2D eigenvalue weighted by atomic mass is 16.3. The Labute approximate surface area is 152 Å². The maximum atomic E-state index is 12.4. The molecule has 26 heavy (non-hydrogen) atoms. The fraction of sp³-hybridized carbons (Fsp3) is 0.300. The Morgan fingerprint density at radius 1 is 1.04 bits per heavy atom. The number of aromatic hydroxyl groups is 1. The first kappa shape index (κ1) is 17.9. The molecule has 0 aromatic heterocycles. The van der Waals surface area contributed by atoms with E-state index in [2.05, 4.69) is 27.9 Å². The summed E-state index contributed by atoms with van der Waals surface area (Å²) < 4.78 is 0. The molecule has 2 aromatic carbocycles. The maximum absolute atomic E-state index is 12.4. The number of likely N-dealkylation sites (tertiary alicyclic amines) is 1. The third-order valence-corrected chi connectivity index (χ3v) is 4.57. The van der Waals surface area contributed by atoms with Crippen LogP contribution in [0.2, 0.25) is 0 Å². The van der Waals surface area contributed by atoms with E-state index in [9.17, 15) is 14.7 Å². The Morgan fingerprint density at radius 2 is 1.77 bits per heavy atom. The largest absolute Gasteiger partial charge is 0.507 e. The van der Waals surface area contributed by atoms with Crippen molar-refractivity contribution < 1.29 is 14.7 Å². The molecular weight excluding hydrogens is 330 g/mol. The van der Waals surface area contributed by atoms with Gasteiger partial charge in [-0.15, -0.1) is 0 Å². The van der Waals surface area contributed by atoms with Gasteiger partial charge in [-0.05, 0) is 37.1 Å². The van der Waals surface area contributed by atoms with Crippen molar-refractivity contribution in [2.24, 2.45) is 5.92 Å². The van der Waals surface area contributed by atoms with E-state index < -0.39 is 5.91 Å². The van der Waals surface area contributed by atoms with Crippen LogP contribution in [0.1, 0.15) is 28.8 Å². The van der Waals surface area contributed by atoms with E-state index in [0.717, 1.165) is 25.9 Å². The SMILES string of the molecule is O=C(NNC(=O)C1CCCN(Cc2ccccc2)C1)c1ccccc1O. The summed E-state index contributed by atoms with van der Waals surface area (Å²) in [7, 11) is 0. The number of phenols is 1. The molecule has 1 atom stereocenters. The van der Waals surface area contributed by atoms with E-state index >= 15 is 0 Å². The van der Waals surface area contributed by atoms with E-state index in [1.165, 1.54) is 17.7 Å². The van der Waals surface area contributed by atoms with E-state index in [1.807, 2.05) is 18.2 Å². The van der Waals surface area contributed by atoms with Crippen molar-refractivity contribution in [3.05, 3.63) is 65.7 Å². The number of amides is 2. The topological polar surface area (TPSA) is 81.7 Å². The summed E-state index contributed by atoms with van der Waals surface area (Å²) in [6.45, 7) is 2.44. The van der Waals surface area contributed by atoms with Crippen LogP contribution in [-0.2, 0) is 11.3 Å². The second kappa shape index (κ2) is 8.49. The van der Waals surface area contributed by atoms with Gasteiger partial charge < -0.3 is 5.11 Å². The first-order chi connectivity index (χ1) is 12.6. The van der Waals surface area contributed by atoms with Gasteiger partial charge in [0.05, 0.1) is 11.5 Å². The van der Waals surface area contributed by atoms with Crippen molar-refractivity contribution in [2.45, 2.75) is 19.4 Å². The molecule has 0 radical (unpaired) electrons. The van der Waals surface area contributed by atoms with Crippen LogP contribution in [0.5, 0.6) is 5.75 Å². The number of para-hydroxylation sites is 1. The lowest BCUT2D eigenvalue weighted by Crippen LogP contribution is -2.48. The molecule has 0 saturated carbocycles. The first-order valence-electron chi connectivity index (χ1n) is 8.78. The van der Waals surface area contributed by atoms with Gasteiger partial charge in [0.1, 0.15) is 5.75 Å². The Morgan fingerprint density at radius 3 is 2.54 bits per heavy atom. The van der Waals surface area contributed by atoms with Crippen molar-refractivity contribution in [3.63, 3.8) is 0 Å². The highest BCUT2D eigenvalue weighted by molar-refractivity contribution is 5.97. The van der Waals surface area contributed by atoms with Crippen LogP contribution in [0, 0.1) is 5.92 Å². The van der Waals surface area contributed by atoms with Crippen LogP contribution in [0.3, 0.4) is 0 Å². The zero-order chi connectivity index (χ0) is 18.4. The number of piperidine rings is 1. The van der Waals surface area contributed by atoms with Gasteiger partial charge in [0, 0.05) is 13.1 Å². The number of hydrazine groups is 1. The van der Waals surface area contributed by atoms with Crippen molar-refractivity contribution >= 4 is 11.8 Å². The molecule has 1 aliphatic heterocycles. The predicted molar refractivity (Wildman–Crippen MR) is 98.2 cm³/mol. The van der Waals surface area contributed by atoms with Crippen LogP contribution in [0.25, 0.3) is 0 Å². The average molecular weight is 353 g/mol. The summed E-state index contributed by atoms with van der Waals surface area (Å²) in [6.07, 6.45) is 1.74. The van der Waals surface area contributed by atoms with Crippen molar-refractivity contribution in [1.82, 2.24) is 15.8 Å². The monoisotopic (exact) mass is 353 g/mol. The molecule has 6 nitrogen and oxygen atoms in total. The van der Waals surface area contributed by atoms with E-state index in [-0.39, 0.29) is 23.1 Å².